The third-order valence-electron chi connectivity index (χ3n) is 5.04. The second-order valence-electron chi connectivity index (χ2n) is 7.22. The van der Waals surface area contributed by atoms with Gasteiger partial charge in [0.05, 0.1) is 30.5 Å². The number of hydrogen-bond donors (Lipinski definition) is 1. The fourth-order valence-electron chi connectivity index (χ4n) is 3.41. The number of rotatable bonds is 7. The Bertz CT molecular complexity index is 993. The topological polar surface area (TPSA) is 67.3 Å². The molecule has 0 radical (unpaired) electrons. The van der Waals surface area contributed by atoms with Crippen molar-refractivity contribution in [2.45, 2.75) is 30.2 Å². The van der Waals surface area contributed by atoms with Crippen molar-refractivity contribution in [1.29, 1.82) is 0 Å². The van der Waals surface area contributed by atoms with Crippen LogP contribution < -0.4 is 5.32 Å². The van der Waals surface area contributed by atoms with Gasteiger partial charge in [0.2, 0.25) is 5.91 Å². The summed E-state index contributed by atoms with van der Waals surface area (Å²) in [4.78, 5) is 24.8. The van der Waals surface area contributed by atoms with Gasteiger partial charge in [-0.05, 0) is 24.6 Å². The second-order valence-corrected chi connectivity index (χ2v) is 8.41. The van der Waals surface area contributed by atoms with Crippen molar-refractivity contribution in [2.24, 2.45) is 0 Å². The molecule has 6 nitrogen and oxygen atoms in total. The van der Waals surface area contributed by atoms with E-state index in [-0.39, 0.29) is 11.2 Å². The van der Waals surface area contributed by atoms with Gasteiger partial charge in [-0.15, -0.1) is 0 Å². The van der Waals surface area contributed by atoms with Gasteiger partial charge in [0, 0.05) is 24.2 Å². The Balaban J connectivity index is 1.57. The van der Waals surface area contributed by atoms with Crippen LogP contribution in [-0.4, -0.2) is 52.3 Å². The van der Waals surface area contributed by atoms with Crippen LogP contribution in [0.2, 0.25) is 0 Å². The zero-order chi connectivity index (χ0) is 20.8. The Morgan fingerprint density at radius 1 is 1.10 bits per heavy atom. The number of aromatic nitrogens is 2. The molecule has 1 amide bonds. The zero-order valence-corrected chi connectivity index (χ0v) is 17.9. The standard InChI is InChI=1S/C23H26N4O2S/c1-2-20(22(28)24-17-8-4-3-5-9-17)30-23-18-10-6-7-11-19(18)25-21(26-23)16-27-12-14-29-15-13-27/h3-11,20H,2,12-16H2,1H3,(H,24,28). The van der Waals surface area contributed by atoms with Crippen LogP contribution in [0.1, 0.15) is 19.2 Å². The Kier molecular flexibility index (Phi) is 6.94. The summed E-state index contributed by atoms with van der Waals surface area (Å²) in [6.07, 6.45) is 0.709. The molecule has 1 atom stereocenters. The van der Waals surface area contributed by atoms with Crippen LogP contribution in [0, 0.1) is 0 Å². The number of thioether (sulfide) groups is 1. The predicted octanol–water partition coefficient (Wildman–Crippen LogP) is 3.97. The zero-order valence-electron chi connectivity index (χ0n) is 17.1. The number of fused-ring (bicyclic) bond motifs is 1. The lowest BCUT2D eigenvalue weighted by atomic mass is 10.2. The SMILES string of the molecule is CCC(Sc1nc(CN2CCOCC2)nc2ccccc12)C(=O)Nc1ccccc1. The van der Waals surface area contributed by atoms with Crippen LogP contribution in [0.5, 0.6) is 0 Å². The van der Waals surface area contributed by atoms with E-state index in [1.165, 1.54) is 11.8 Å². The van der Waals surface area contributed by atoms with Crippen LogP contribution >= 0.6 is 11.8 Å². The third-order valence-corrected chi connectivity index (χ3v) is 6.41. The van der Waals surface area contributed by atoms with Crippen LogP contribution in [0.25, 0.3) is 10.9 Å². The van der Waals surface area contributed by atoms with Gasteiger partial charge in [-0.1, -0.05) is 55.1 Å². The van der Waals surface area contributed by atoms with E-state index in [0.717, 1.165) is 53.7 Å². The molecule has 0 bridgehead atoms. The van der Waals surface area contributed by atoms with Crippen molar-refractivity contribution in [3.8, 4) is 0 Å². The molecule has 1 aliphatic rings. The highest BCUT2D eigenvalue weighted by Crippen LogP contribution is 2.31. The van der Waals surface area contributed by atoms with E-state index < -0.39 is 0 Å². The summed E-state index contributed by atoms with van der Waals surface area (Å²) in [5, 5.41) is 4.63. The summed E-state index contributed by atoms with van der Waals surface area (Å²) in [5.74, 6) is 0.780. The lowest BCUT2D eigenvalue weighted by Gasteiger charge is -2.26. The van der Waals surface area contributed by atoms with Crippen molar-refractivity contribution in [1.82, 2.24) is 14.9 Å². The molecule has 2 heterocycles. The van der Waals surface area contributed by atoms with E-state index >= 15 is 0 Å². The number of benzene rings is 2. The first kappa shape index (κ1) is 20.8. The lowest BCUT2D eigenvalue weighted by molar-refractivity contribution is -0.115. The molecule has 1 unspecified atom stereocenters. The Hall–Kier alpha value is -2.48. The van der Waals surface area contributed by atoms with E-state index in [1.54, 1.807) is 0 Å². The number of nitrogens with zero attached hydrogens (tertiary/aromatic N) is 3. The van der Waals surface area contributed by atoms with Gasteiger partial charge < -0.3 is 10.1 Å². The second kappa shape index (κ2) is 10.0. The number of carbonyl (C=O) groups excluding carboxylic acids is 1. The molecule has 156 valence electrons. The normalized spacial score (nSPS) is 15.8. The molecule has 0 saturated carbocycles. The minimum absolute atomic E-state index is 0.00822. The number of carbonyl (C=O) groups is 1. The Morgan fingerprint density at radius 3 is 2.60 bits per heavy atom. The van der Waals surface area contributed by atoms with Crippen LogP contribution in [-0.2, 0) is 16.1 Å². The quantitative estimate of drug-likeness (QED) is 0.459. The molecule has 4 rings (SSSR count). The maximum Gasteiger partial charge on any atom is 0.237 e. The number of nitrogens with one attached hydrogen (secondary N) is 1. The monoisotopic (exact) mass is 422 g/mol. The number of amides is 1. The summed E-state index contributed by atoms with van der Waals surface area (Å²) < 4.78 is 5.44. The minimum atomic E-state index is -0.236. The summed E-state index contributed by atoms with van der Waals surface area (Å²) >= 11 is 1.52. The number of ether oxygens (including phenoxy) is 1. The van der Waals surface area contributed by atoms with Gasteiger partial charge in [-0.3, -0.25) is 9.69 Å². The van der Waals surface area contributed by atoms with Gasteiger partial charge in [0.25, 0.3) is 0 Å². The molecular weight excluding hydrogens is 396 g/mol. The summed E-state index contributed by atoms with van der Waals surface area (Å²) in [6, 6.07) is 17.6. The predicted molar refractivity (Wildman–Crippen MR) is 121 cm³/mol. The molecule has 7 heteroatoms. The van der Waals surface area contributed by atoms with Crippen molar-refractivity contribution in [3.63, 3.8) is 0 Å². The molecule has 30 heavy (non-hydrogen) atoms. The van der Waals surface area contributed by atoms with E-state index in [1.807, 2.05) is 61.5 Å². The van der Waals surface area contributed by atoms with Gasteiger partial charge in [0.1, 0.15) is 10.9 Å². The molecule has 1 N–H and O–H groups in total. The first-order valence-electron chi connectivity index (χ1n) is 10.3. The number of morpholine rings is 1. The Labute approximate surface area is 181 Å². The molecular formula is C23H26N4O2S. The number of anilines is 1. The maximum atomic E-state index is 12.9. The van der Waals surface area contributed by atoms with E-state index in [0.29, 0.717) is 13.0 Å². The van der Waals surface area contributed by atoms with E-state index in [2.05, 4.69) is 10.2 Å². The highest BCUT2D eigenvalue weighted by Gasteiger charge is 2.21. The van der Waals surface area contributed by atoms with E-state index in [9.17, 15) is 4.79 Å². The number of hydrogen-bond acceptors (Lipinski definition) is 6. The van der Waals surface area contributed by atoms with Gasteiger partial charge in [-0.25, -0.2) is 9.97 Å². The van der Waals surface area contributed by atoms with Crippen molar-refractivity contribution >= 4 is 34.3 Å². The largest absolute Gasteiger partial charge is 0.379 e. The molecule has 2 aromatic carbocycles. The smallest absolute Gasteiger partial charge is 0.237 e. The van der Waals surface area contributed by atoms with Crippen molar-refractivity contribution in [2.75, 3.05) is 31.6 Å². The summed E-state index contributed by atoms with van der Waals surface area (Å²) in [6.45, 7) is 5.97. The number of para-hydroxylation sites is 2. The summed E-state index contributed by atoms with van der Waals surface area (Å²) in [5.41, 5.74) is 1.72. The van der Waals surface area contributed by atoms with Crippen molar-refractivity contribution in [3.05, 3.63) is 60.4 Å². The first-order chi connectivity index (χ1) is 14.7. The lowest BCUT2D eigenvalue weighted by Crippen LogP contribution is -2.36. The molecule has 3 aromatic rings. The molecule has 1 aliphatic heterocycles. The minimum Gasteiger partial charge on any atom is -0.379 e. The average Bonchev–Trinajstić information content (AvgIpc) is 2.78. The van der Waals surface area contributed by atoms with Crippen LogP contribution in [0.4, 0.5) is 5.69 Å². The third kappa shape index (κ3) is 5.16. The molecule has 0 spiro atoms. The highest BCUT2D eigenvalue weighted by molar-refractivity contribution is 8.00. The molecule has 1 saturated heterocycles. The van der Waals surface area contributed by atoms with Gasteiger partial charge in [0.15, 0.2) is 0 Å². The highest BCUT2D eigenvalue weighted by atomic mass is 32.2. The Morgan fingerprint density at radius 2 is 1.83 bits per heavy atom. The van der Waals surface area contributed by atoms with Crippen LogP contribution in [0.3, 0.4) is 0 Å². The van der Waals surface area contributed by atoms with Crippen molar-refractivity contribution < 1.29 is 9.53 Å². The fourth-order valence-corrected chi connectivity index (χ4v) is 4.47. The fraction of sp³-hybridized carbons (Fsp3) is 0.348. The molecule has 1 fully saturated rings. The van der Waals surface area contributed by atoms with Crippen LogP contribution in [0.15, 0.2) is 59.6 Å². The van der Waals surface area contributed by atoms with E-state index in [4.69, 9.17) is 14.7 Å². The first-order valence-corrected chi connectivity index (χ1v) is 11.2. The molecule has 0 aliphatic carbocycles. The van der Waals surface area contributed by atoms with Gasteiger partial charge >= 0.3 is 0 Å². The molecule has 1 aromatic heterocycles. The summed E-state index contributed by atoms with van der Waals surface area (Å²) in [7, 11) is 0. The average molecular weight is 423 g/mol. The van der Waals surface area contributed by atoms with Gasteiger partial charge in [-0.2, -0.15) is 0 Å². The maximum absolute atomic E-state index is 12.9.